The summed E-state index contributed by atoms with van der Waals surface area (Å²) in [5, 5.41) is 2.84. The molecule has 0 aliphatic carbocycles. The molecule has 5 nitrogen and oxygen atoms in total. The van der Waals surface area contributed by atoms with Crippen LogP contribution in [0.15, 0.2) is 67.0 Å². The third-order valence-corrected chi connectivity index (χ3v) is 4.01. The minimum Gasteiger partial charge on any atom is -0.465 e. The number of anilines is 1. The molecule has 0 spiro atoms. The van der Waals surface area contributed by atoms with E-state index in [1.807, 2.05) is 37.3 Å². The van der Waals surface area contributed by atoms with Crippen molar-refractivity contribution in [3.8, 4) is 11.1 Å². The van der Waals surface area contributed by atoms with Crippen LogP contribution < -0.4 is 5.32 Å². The maximum atomic E-state index is 12.6. The van der Waals surface area contributed by atoms with Crippen LogP contribution in [0.3, 0.4) is 0 Å². The standard InChI is InChI=1S/C21H18N2O3/c1-14-8-9-16(21(25)26-2)11-19(14)23-20(24)18-10-17(12-22-13-18)15-6-4-3-5-7-15/h3-13H,1-2H3,(H,23,24). The Balaban J connectivity index is 1.86. The molecule has 0 unspecified atom stereocenters. The summed E-state index contributed by atoms with van der Waals surface area (Å²) in [6.45, 7) is 1.86. The Morgan fingerprint density at radius 3 is 2.42 bits per heavy atom. The van der Waals surface area contributed by atoms with Crippen LogP contribution in [0.4, 0.5) is 5.69 Å². The highest BCUT2D eigenvalue weighted by molar-refractivity contribution is 6.05. The Labute approximate surface area is 151 Å². The van der Waals surface area contributed by atoms with Gasteiger partial charge in [0.25, 0.3) is 5.91 Å². The molecule has 0 bridgehead atoms. The number of nitrogens with one attached hydrogen (secondary N) is 1. The number of methoxy groups -OCH3 is 1. The van der Waals surface area contributed by atoms with E-state index in [0.29, 0.717) is 16.8 Å². The first kappa shape index (κ1) is 17.4. The van der Waals surface area contributed by atoms with E-state index in [4.69, 9.17) is 4.74 Å². The molecule has 0 atom stereocenters. The molecule has 1 heterocycles. The lowest BCUT2D eigenvalue weighted by molar-refractivity contribution is 0.0600. The Kier molecular flexibility index (Phi) is 5.08. The number of pyridine rings is 1. The van der Waals surface area contributed by atoms with Crippen LogP contribution in [-0.2, 0) is 4.74 Å². The lowest BCUT2D eigenvalue weighted by atomic mass is 10.1. The summed E-state index contributed by atoms with van der Waals surface area (Å²) < 4.78 is 4.72. The van der Waals surface area contributed by atoms with Crippen molar-refractivity contribution >= 4 is 17.6 Å². The summed E-state index contributed by atoms with van der Waals surface area (Å²) >= 11 is 0. The molecule has 3 rings (SSSR count). The maximum absolute atomic E-state index is 12.6. The Hall–Kier alpha value is -3.47. The van der Waals surface area contributed by atoms with Gasteiger partial charge >= 0.3 is 5.97 Å². The van der Waals surface area contributed by atoms with Crippen LogP contribution in [0.1, 0.15) is 26.3 Å². The second kappa shape index (κ2) is 7.61. The number of aromatic nitrogens is 1. The minimum atomic E-state index is -0.451. The van der Waals surface area contributed by atoms with Crippen LogP contribution in [0.2, 0.25) is 0 Å². The number of benzene rings is 2. The number of hydrogen-bond donors (Lipinski definition) is 1. The fourth-order valence-corrected chi connectivity index (χ4v) is 2.55. The second-order valence-electron chi connectivity index (χ2n) is 5.80. The highest BCUT2D eigenvalue weighted by atomic mass is 16.5. The summed E-state index contributed by atoms with van der Waals surface area (Å²) in [5.74, 6) is -0.742. The van der Waals surface area contributed by atoms with Crippen molar-refractivity contribution in [3.63, 3.8) is 0 Å². The zero-order valence-corrected chi connectivity index (χ0v) is 14.5. The van der Waals surface area contributed by atoms with Crippen LogP contribution in [0.5, 0.6) is 0 Å². The molecule has 5 heteroatoms. The lowest BCUT2D eigenvalue weighted by Crippen LogP contribution is -2.14. The fourth-order valence-electron chi connectivity index (χ4n) is 2.55. The number of hydrogen-bond acceptors (Lipinski definition) is 4. The second-order valence-corrected chi connectivity index (χ2v) is 5.80. The average Bonchev–Trinajstić information content (AvgIpc) is 2.69. The summed E-state index contributed by atoms with van der Waals surface area (Å²) in [7, 11) is 1.32. The molecule has 3 aromatic rings. The van der Waals surface area contributed by atoms with Crippen molar-refractivity contribution in [2.75, 3.05) is 12.4 Å². The Bertz CT molecular complexity index is 952. The predicted molar refractivity (Wildman–Crippen MR) is 100 cm³/mol. The number of carbonyl (C=O) groups excluding carboxylic acids is 2. The van der Waals surface area contributed by atoms with Gasteiger partial charge in [-0.05, 0) is 36.2 Å². The van der Waals surface area contributed by atoms with Gasteiger partial charge < -0.3 is 10.1 Å². The van der Waals surface area contributed by atoms with Crippen LogP contribution in [-0.4, -0.2) is 24.0 Å². The van der Waals surface area contributed by atoms with Crippen LogP contribution >= 0.6 is 0 Å². The maximum Gasteiger partial charge on any atom is 0.337 e. The van der Waals surface area contributed by atoms with Gasteiger partial charge in [-0.15, -0.1) is 0 Å². The SMILES string of the molecule is COC(=O)c1ccc(C)c(NC(=O)c2cncc(-c3ccccc3)c2)c1. The van der Waals surface area contributed by atoms with Gasteiger partial charge in [0.15, 0.2) is 0 Å². The Morgan fingerprint density at radius 2 is 1.69 bits per heavy atom. The Morgan fingerprint density at radius 1 is 0.923 bits per heavy atom. The molecule has 1 amide bonds. The quantitative estimate of drug-likeness (QED) is 0.722. The van der Waals surface area contributed by atoms with Gasteiger partial charge in [0.1, 0.15) is 0 Å². The molecule has 1 N–H and O–H groups in total. The number of esters is 1. The third-order valence-electron chi connectivity index (χ3n) is 4.01. The molecule has 0 saturated carbocycles. The van der Waals surface area contributed by atoms with E-state index in [-0.39, 0.29) is 5.91 Å². The van der Waals surface area contributed by atoms with E-state index >= 15 is 0 Å². The summed E-state index contributed by atoms with van der Waals surface area (Å²) in [5.41, 5.74) is 4.07. The van der Waals surface area contributed by atoms with Gasteiger partial charge in [-0.3, -0.25) is 9.78 Å². The first-order chi connectivity index (χ1) is 12.6. The molecular formula is C21H18N2O3. The number of amides is 1. The van der Waals surface area contributed by atoms with Crippen molar-refractivity contribution in [1.29, 1.82) is 0 Å². The third kappa shape index (κ3) is 3.78. The molecule has 0 aliphatic rings. The molecule has 1 aromatic heterocycles. The van der Waals surface area contributed by atoms with Crippen LogP contribution in [0, 0.1) is 6.92 Å². The molecule has 130 valence electrons. The summed E-state index contributed by atoms with van der Waals surface area (Å²) in [6.07, 6.45) is 3.23. The highest BCUT2D eigenvalue weighted by Crippen LogP contribution is 2.21. The molecule has 2 aromatic carbocycles. The van der Waals surface area contributed by atoms with E-state index in [0.717, 1.165) is 16.7 Å². The van der Waals surface area contributed by atoms with E-state index < -0.39 is 5.97 Å². The summed E-state index contributed by atoms with van der Waals surface area (Å²) in [4.78, 5) is 28.5. The molecule has 0 aliphatic heterocycles. The van der Waals surface area contributed by atoms with Gasteiger partial charge in [-0.25, -0.2) is 4.79 Å². The first-order valence-corrected chi connectivity index (χ1v) is 8.09. The van der Waals surface area contributed by atoms with Gasteiger partial charge in [0.2, 0.25) is 0 Å². The topological polar surface area (TPSA) is 68.3 Å². The fraction of sp³-hybridized carbons (Fsp3) is 0.0952. The van der Waals surface area contributed by atoms with Gasteiger partial charge in [0, 0.05) is 23.6 Å². The van der Waals surface area contributed by atoms with Crippen molar-refractivity contribution < 1.29 is 14.3 Å². The molecule has 0 saturated heterocycles. The smallest absolute Gasteiger partial charge is 0.337 e. The predicted octanol–water partition coefficient (Wildman–Crippen LogP) is 4.10. The lowest BCUT2D eigenvalue weighted by Gasteiger charge is -2.10. The van der Waals surface area contributed by atoms with Gasteiger partial charge in [-0.2, -0.15) is 0 Å². The zero-order valence-electron chi connectivity index (χ0n) is 14.5. The number of carbonyl (C=O) groups is 2. The van der Waals surface area contributed by atoms with E-state index in [9.17, 15) is 9.59 Å². The molecule has 26 heavy (non-hydrogen) atoms. The first-order valence-electron chi connectivity index (χ1n) is 8.09. The number of aryl methyl sites for hydroxylation is 1. The number of ether oxygens (including phenoxy) is 1. The van der Waals surface area contributed by atoms with Crippen molar-refractivity contribution in [2.24, 2.45) is 0 Å². The van der Waals surface area contributed by atoms with Crippen molar-refractivity contribution in [3.05, 3.63) is 83.7 Å². The van der Waals surface area contributed by atoms with E-state index in [1.165, 1.54) is 13.3 Å². The highest BCUT2D eigenvalue weighted by Gasteiger charge is 2.12. The largest absolute Gasteiger partial charge is 0.465 e. The van der Waals surface area contributed by atoms with Gasteiger partial charge in [-0.1, -0.05) is 36.4 Å². The molecule has 0 fully saturated rings. The zero-order chi connectivity index (χ0) is 18.5. The monoisotopic (exact) mass is 346 g/mol. The normalized spacial score (nSPS) is 10.2. The van der Waals surface area contributed by atoms with E-state index in [2.05, 4.69) is 10.3 Å². The number of rotatable bonds is 4. The van der Waals surface area contributed by atoms with E-state index in [1.54, 1.807) is 30.5 Å². The average molecular weight is 346 g/mol. The van der Waals surface area contributed by atoms with Gasteiger partial charge in [0.05, 0.1) is 18.2 Å². The van der Waals surface area contributed by atoms with Crippen molar-refractivity contribution in [1.82, 2.24) is 4.98 Å². The minimum absolute atomic E-state index is 0.291. The number of nitrogens with zero attached hydrogens (tertiary/aromatic N) is 1. The molecule has 0 radical (unpaired) electrons. The summed E-state index contributed by atoms with van der Waals surface area (Å²) in [6, 6.07) is 16.5. The van der Waals surface area contributed by atoms with Crippen molar-refractivity contribution in [2.45, 2.75) is 6.92 Å². The van der Waals surface area contributed by atoms with Crippen LogP contribution in [0.25, 0.3) is 11.1 Å². The molecular weight excluding hydrogens is 328 g/mol.